The van der Waals surface area contributed by atoms with Crippen molar-refractivity contribution in [2.45, 2.75) is 6.42 Å². The average Bonchev–Trinajstić information content (AvgIpc) is 2.74. The lowest BCUT2D eigenvalue weighted by Crippen LogP contribution is -2.26. The van der Waals surface area contributed by atoms with Crippen LogP contribution in [0.15, 0.2) is 18.2 Å². The number of carbonyl (C=O) groups excluding carboxylic acids is 1. The Morgan fingerprint density at radius 1 is 1.53 bits per heavy atom. The first kappa shape index (κ1) is 9.79. The second-order valence-electron chi connectivity index (χ2n) is 3.34. The van der Waals surface area contributed by atoms with Gasteiger partial charge in [0, 0.05) is 0 Å². The number of rotatable bonds is 1. The second-order valence-corrected chi connectivity index (χ2v) is 3.34. The Hall–Kier alpha value is -1.75. The molecule has 1 amide bonds. The van der Waals surface area contributed by atoms with Crippen molar-refractivity contribution in [1.82, 2.24) is 5.06 Å². The van der Waals surface area contributed by atoms with E-state index in [1.165, 1.54) is 17.2 Å². The van der Waals surface area contributed by atoms with Crippen LogP contribution < -0.4 is 5.73 Å². The van der Waals surface area contributed by atoms with Crippen molar-refractivity contribution in [2.75, 3.05) is 18.9 Å². The quantitative estimate of drug-likeness (QED) is 0.527. The number of para-hydroxylation sites is 1. The molecule has 1 fully saturated rings. The predicted octanol–water partition coefficient (Wildman–Crippen LogP) is 0.752. The third kappa shape index (κ3) is 1.73. The molecule has 0 aromatic heterocycles. The topological polar surface area (TPSA) is 75.8 Å². The van der Waals surface area contributed by atoms with E-state index in [1.807, 2.05) is 0 Å². The normalized spacial score (nSPS) is 15.6. The highest BCUT2D eigenvalue weighted by Gasteiger charge is 2.23. The molecule has 0 radical (unpaired) electrons. The van der Waals surface area contributed by atoms with Crippen molar-refractivity contribution in [3.63, 3.8) is 0 Å². The minimum absolute atomic E-state index is 0.178. The first-order valence-corrected chi connectivity index (χ1v) is 4.72. The van der Waals surface area contributed by atoms with Crippen LogP contribution in [0.3, 0.4) is 0 Å². The van der Waals surface area contributed by atoms with Gasteiger partial charge in [0.15, 0.2) is 5.75 Å². The van der Waals surface area contributed by atoms with Gasteiger partial charge in [0.1, 0.15) is 0 Å². The fourth-order valence-corrected chi connectivity index (χ4v) is 1.48. The summed E-state index contributed by atoms with van der Waals surface area (Å²) < 4.78 is 0. The van der Waals surface area contributed by atoms with Gasteiger partial charge in [-0.25, -0.2) is 5.06 Å². The molecule has 1 aliphatic heterocycles. The number of phenols is 1. The predicted molar refractivity (Wildman–Crippen MR) is 54.1 cm³/mol. The minimum Gasteiger partial charge on any atom is -0.505 e. The third-order valence-electron chi connectivity index (χ3n) is 2.28. The Bertz CT molecular complexity index is 386. The lowest BCUT2D eigenvalue weighted by atomic mass is 10.1. The number of aromatic hydroxyl groups is 1. The average molecular weight is 208 g/mol. The maximum Gasteiger partial charge on any atom is 0.281 e. The van der Waals surface area contributed by atoms with E-state index >= 15 is 0 Å². The molecule has 1 aliphatic rings. The first-order valence-electron chi connectivity index (χ1n) is 4.72. The molecule has 1 aromatic rings. The largest absolute Gasteiger partial charge is 0.505 e. The molecular formula is C10H12N2O3. The number of benzene rings is 1. The van der Waals surface area contributed by atoms with Crippen LogP contribution in [0.2, 0.25) is 0 Å². The number of hydrogen-bond acceptors (Lipinski definition) is 4. The van der Waals surface area contributed by atoms with Gasteiger partial charge in [-0.2, -0.15) is 0 Å². The number of phenolic OH excluding ortho intramolecular Hbond substituents is 1. The van der Waals surface area contributed by atoms with Gasteiger partial charge in [0.25, 0.3) is 5.91 Å². The third-order valence-corrected chi connectivity index (χ3v) is 2.28. The van der Waals surface area contributed by atoms with Gasteiger partial charge in [-0.15, -0.1) is 0 Å². The molecular weight excluding hydrogens is 196 g/mol. The summed E-state index contributed by atoms with van der Waals surface area (Å²) in [7, 11) is 0. The number of carbonyl (C=O) groups is 1. The van der Waals surface area contributed by atoms with E-state index in [0.717, 1.165) is 6.42 Å². The van der Waals surface area contributed by atoms with Crippen LogP contribution in [0, 0.1) is 0 Å². The smallest absolute Gasteiger partial charge is 0.281 e. The molecule has 0 aliphatic carbocycles. The summed E-state index contributed by atoms with van der Waals surface area (Å²) in [6.07, 6.45) is 0.814. The fraction of sp³-hybridized carbons (Fsp3) is 0.300. The Kier molecular flexibility index (Phi) is 2.47. The molecule has 3 N–H and O–H groups in total. The van der Waals surface area contributed by atoms with Crippen molar-refractivity contribution < 1.29 is 14.7 Å². The van der Waals surface area contributed by atoms with E-state index in [4.69, 9.17) is 10.6 Å². The van der Waals surface area contributed by atoms with Crippen LogP contribution in [0.5, 0.6) is 5.75 Å². The van der Waals surface area contributed by atoms with Crippen LogP contribution in [-0.2, 0) is 4.84 Å². The molecule has 0 atom stereocenters. The Morgan fingerprint density at radius 3 is 3.00 bits per heavy atom. The van der Waals surface area contributed by atoms with Crippen molar-refractivity contribution in [3.8, 4) is 5.75 Å². The summed E-state index contributed by atoms with van der Waals surface area (Å²) in [4.78, 5) is 16.9. The number of hydrogen-bond donors (Lipinski definition) is 2. The maximum absolute atomic E-state index is 11.8. The zero-order valence-corrected chi connectivity index (χ0v) is 8.14. The lowest BCUT2D eigenvalue weighted by Gasteiger charge is -2.14. The number of nitrogen functional groups attached to an aromatic ring is 1. The van der Waals surface area contributed by atoms with Gasteiger partial charge < -0.3 is 10.8 Å². The molecule has 80 valence electrons. The van der Waals surface area contributed by atoms with Crippen molar-refractivity contribution >= 4 is 11.6 Å². The van der Waals surface area contributed by atoms with E-state index in [1.54, 1.807) is 6.07 Å². The standard InChI is InChI=1S/C10H12N2O3/c11-8-4-1-3-7(9(8)13)10(14)12-5-2-6-15-12/h1,3-4,13H,2,5-6,11H2. The van der Waals surface area contributed by atoms with Crippen molar-refractivity contribution in [1.29, 1.82) is 0 Å². The van der Waals surface area contributed by atoms with Crippen LogP contribution in [0.4, 0.5) is 5.69 Å². The summed E-state index contributed by atoms with van der Waals surface area (Å²) in [5, 5.41) is 10.8. The number of amides is 1. The van der Waals surface area contributed by atoms with Gasteiger partial charge in [0.2, 0.25) is 0 Å². The summed E-state index contributed by atoms with van der Waals surface area (Å²) in [5.74, 6) is -0.532. The lowest BCUT2D eigenvalue weighted by molar-refractivity contribution is -0.0769. The Balaban J connectivity index is 2.28. The molecule has 0 spiro atoms. The minimum atomic E-state index is -0.350. The van der Waals surface area contributed by atoms with E-state index in [2.05, 4.69) is 0 Å². The molecule has 0 unspecified atom stereocenters. The van der Waals surface area contributed by atoms with E-state index in [9.17, 15) is 9.90 Å². The highest BCUT2D eigenvalue weighted by atomic mass is 16.7. The van der Waals surface area contributed by atoms with Crippen LogP contribution in [0.25, 0.3) is 0 Å². The Labute approximate surface area is 87.0 Å². The molecule has 2 rings (SSSR count). The molecule has 0 bridgehead atoms. The van der Waals surface area contributed by atoms with Crippen LogP contribution in [0.1, 0.15) is 16.8 Å². The number of anilines is 1. The van der Waals surface area contributed by atoms with Gasteiger partial charge in [-0.3, -0.25) is 9.63 Å². The molecule has 5 nitrogen and oxygen atoms in total. The summed E-state index contributed by atoms with van der Waals surface area (Å²) >= 11 is 0. The second kappa shape index (κ2) is 3.78. The number of nitrogens with two attached hydrogens (primary N) is 1. The number of nitrogens with zero attached hydrogens (tertiary/aromatic N) is 1. The SMILES string of the molecule is Nc1cccc(C(=O)N2CCCO2)c1O. The van der Waals surface area contributed by atoms with Crippen molar-refractivity contribution in [2.24, 2.45) is 0 Å². The van der Waals surface area contributed by atoms with E-state index < -0.39 is 0 Å². The highest BCUT2D eigenvalue weighted by Crippen LogP contribution is 2.26. The molecule has 1 aromatic carbocycles. The maximum atomic E-state index is 11.8. The summed E-state index contributed by atoms with van der Waals surface area (Å²) in [6, 6.07) is 4.69. The molecule has 1 saturated heterocycles. The zero-order valence-electron chi connectivity index (χ0n) is 8.14. The summed E-state index contributed by atoms with van der Waals surface area (Å²) in [5.41, 5.74) is 5.87. The summed E-state index contributed by atoms with van der Waals surface area (Å²) in [6.45, 7) is 1.09. The molecule has 0 saturated carbocycles. The fourth-order valence-electron chi connectivity index (χ4n) is 1.48. The van der Waals surface area contributed by atoms with Crippen molar-refractivity contribution in [3.05, 3.63) is 23.8 Å². The highest BCUT2D eigenvalue weighted by molar-refractivity contribution is 5.97. The monoisotopic (exact) mass is 208 g/mol. The van der Waals surface area contributed by atoms with Gasteiger partial charge in [0.05, 0.1) is 24.4 Å². The van der Waals surface area contributed by atoms with Crippen LogP contribution in [-0.4, -0.2) is 29.2 Å². The Morgan fingerprint density at radius 2 is 2.33 bits per heavy atom. The van der Waals surface area contributed by atoms with Crippen LogP contribution >= 0.6 is 0 Å². The van der Waals surface area contributed by atoms with Gasteiger partial charge >= 0.3 is 0 Å². The molecule has 5 heteroatoms. The number of hydroxylamine groups is 2. The van der Waals surface area contributed by atoms with Gasteiger partial charge in [-0.1, -0.05) is 6.07 Å². The zero-order chi connectivity index (χ0) is 10.8. The van der Waals surface area contributed by atoms with Gasteiger partial charge in [-0.05, 0) is 18.6 Å². The molecule has 1 heterocycles. The molecule has 15 heavy (non-hydrogen) atoms. The van der Waals surface area contributed by atoms with E-state index in [-0.39, 0.29) is 22.9 Å². The first-order chi connectivity index (χ1) is 7.20. The van der Waals surface area contributed by atoms with E-state index in [0.29, 0.717) is 13.2 Å².